The Bertz CT molecular complexity index is 412. The Morgan fingerprint density at radius 1 is 0.960 bits per heavy atom. The van der Waals surface area contributed by atoms with Crippen molar-refractivity contribution in [3.8, 4) is 0 Å². The lowest BCUT2D eigenvalue weighted by Crippen LogP contribution is -2.41. The van der Waals surface area contributed by atoms with Crippen molar-refractivity contribution >= 4 is 11.8 Å². The first-order valence-electron chi connectivity index (χ1n) is 9.57. The lowest BCUT2D eigenvalue weighted by molar-refractivity contribution is -0.131. The van der Waals surface area contributed by atoms with E-state index in [4.69, 9.17) is 0 Å². The maximum Gasteiger partial charge on any atom is 0.225 e. The van der Waals surface area contributed by atoms with Gasteiger partial charge in [-0.3, -0.25) is 9.59 Å². The Labute approximate surface area is 155 Å². The van der Waals surface area contributed by atoms with Crippen molar-refractivity contribution in [2.24, 2.45) is 16.7 Å². The van der Waals surface area contributed by atoms with Gasteiger partial charge in [0.05, 0.1) is 0 Å². The van der Waals surface area contributed by atoms with Crippen molar-refractivity contribution in [1.82, 2.24) is 15.5 Å². The van der Waals surface area contributed by atoms with Gasteiger partial charge in [0, 0.05) is 31.5 Å². The minimum Gasteiger partial charge on any atom is -0.355 e. The molecule has 5 nitrogen and oxygen atoms in total. The van der Waals surface area contributed by atoms with Crippen LogP contribution < -0.4 is 10.6 Å². The first-order chi connectivity index (χ1) is 11.3. The molecule has 0 saturated heterocycles. The quantitative estimate of drug-likeness (QED) is 0.599. The predicted molar refractivity (Wildman–Crippen MR) is 105 cm³/mol. The molecule has 0 aliphatic carbocycles. The highest BCUT2D eigenvalue weighted by Crippen LogP contribution is 2.33. The van der Waals surface area contributed by atoms with Gasteiger partial charge >= 0.3 is 0 Å². The molecule has 0 atom stereocenters. The Morgan fingerprint density at radius 3 is 2.08 bits per heavy atom. The van der Waals surface area contributed by atoms with Crippen LogP contribution in [0.25, 0.3) is 0 Å². The molecular weight excluding hydrogens is 314 g/mol. The second-order valence-corrected chi connectivity index (χ2v) is 9.46. The highest BCUT2D eigenvalue weighted by molar-refractivity contribution is 5.82. The van der Waals surface area contributed by atoms with Gasteiger partial charge in [0.15, 0.2) is 0 Å². The summed E-state index contributed by atoms with van der Waals surface area (Å²) in [5.41, 5.74) is -0.326. The third-order valence-electron chi connectivity index (χ3n) is 4.13. The molecule has 0 heterocycles. The molecular formula is C20H41N3O2. The van der Waals surface area contributed by atoms with Gasteiger partial charge in [0.1, 0.15) is 0 Å². The molecule has 2 amide bonds. The molecule has 0 aliphatic rings. The van der Waals surface area contributed by atoms with Gasteiger partial charge in [0.25, 0.3) is 0 Å². The van der Waals surface area contributed by atoms with E-state index in [1.165, 1.54) is 6.42 Å². The van der Waals surface area contributed by atoms with Crippen LogP contribution in [-0.2, 0) is 9.59 Å². The normalized spacial score (nSPS) is 12.6. The van der Waals surface area contributed by atoms with Gasteiger partial charge < -0.3 is 15.5 Å². The zero-order chi connectivity index (χ0) is 19.7. The van der Waals surface area contributed by atoms with Crippen LogP contribution in [0.1, 0.15) is 67.7 Å². The topological polar surface area (TPSA) is 61.4 Å². The molecule has 0 saturated carbocycles. The lowest BCUT2D eigenvalue weighted by Gasteiger charge is -2.31. The number of amides is 2. The van der Waals surface area contributed by atoms with Crippen molar-refractivity contribution < 1.29 is 9.59 Å². The first kappa shape index (κ1) is 23.9. The number of nitrogens with one attached hydrogen (secondary N) is 2. The minimum atomic E-state index is -0.423. The Morgan fingerprint density at radius 2 is 1.56 bits per heavy atom. The lowest BCUT2D eigenvalue weighted by atomic mass is 9.76. The standard InChI is InChI=1S/C20H41N3O2/c1-16(2)10-13-23(8)14-12-21-17(24)9-11-22-18(25)20(6,7)15-19(3,4)5/h16H,9-15H2,1-8H3,(H,21,24)(H,22,25). The molecule has 0 bridgehead atoms. The summed E-state index contributed by atoms with van der Waals surface area (Å²) in [6.07, 6.45) is 2.30. The molecule has 5 heteroatoms. The molecule has 2 N–H and O–H groups in total. The molecule has 0 aromatic heterocycles. The summed E-state index contributed by atoms with van der Waals surface area (Å²) in [6.45, 7) is 17.7. The molecule has 0 unspecified atom stereocenters. The third kappa shape index (κ3) is 12.9. The van der Waals surface area contributed by atoms with E-state index in [2.05, 4.69) is 57.2 Å². The summed E-state index contributed by atoms with van der Waals surface area (Å²) in [5, 5.41) is 5.82. The third-order valence-corrected chi connectivity index (χ3v) is 4.13. The van der Waals surface area contributed by atoms with Crippen LogP contribution in [0.3, 0.4) is 0 Å². The number of carbonyl (C=O) groups excluding carboxylic acids is 2. The number of nitrogens with zero attached hydrogens (tertiary/aromatic N) is 1. The van der Waals surface area contributed by atoms with E-state index in [0.717, 1.165) is 19.5 Å². The minimum absolute atomic E-state index is 0.00816. The van der Waals surface area contributed by atoms with E-state index >= 15 is 0 Å². The highest BCUT2D eigenvalue weighted by atomic mass is 16.2. The van der Waals surface area contributed by atoms with Gasteiger partial charge in [-0.1, -0.05) is 48.5 Å². The van der Waals surface area contributed by atoms with Gasteiger partial charge in [0.2, 0.25) is 11.8 Å². The van der Waals surface area contributed by atoms with E-state index in [-0.39, 0.29) is 17.2 Å². The summed E-state index contributed by atoms with van der Waals surface area (Å²) in [6, 6.07) is 0. The fourth-order valence-corrected chi connectivity index (χ4v) is 3.00. The molecule has 0 aromatic rings. The maximum atomic E-state index is 12.3. The van der Waals surface area contributed by atoms with Crippen LogP contribution in [0.5, 0.6) is 0 Å². The van der Waals surface area contributed by atoms with Gasteiger partial charge in [-0.15, -0.1) is 0 Å². The maximum absolute atomic E-state index is 12.3. The summed E-state index contributed by atoms with van der Waals surface area (Å²) in [4.78, 5) is 26.4. The first-order valence-corrected chi connectivity index (χ1v) is 9.57. The largest absolute Gasteiger partial charge is 0.355 e. The van der Waals surface area contributed by atoms with Crippen molar-refractivity contribution in [2.75, 3.05) is 33.2 Å². The summed E-state index contributed by atoms with van der Waals surface area (Å²) in [7, 11) is 2.08. The van der Waals surface area contributed by atoms with E-state index in [0.29, 0.717) is 25.4 Å². The van der Waals surface area contributed by atoms with E-state index in [1.807, 2.05) is 13.8 Å². The van der Waals surface area contributed by atoms with Crippen LogP contribution in [-0.4, -0.2) is 49.9 Å². The molecule has 0 fully saturated rings. The summed E-state index contributed by atoms with van der Waals surface area (Å²) >= 11 is 0. The van der Waals surface area contributed by atoms with Crippen molar-refractivity contribution in [3.63, 3.8) is 0 Å². The SMILES string of the molecule is CC(C)CCN(C)CCNC(=O)CCNC(=O)C(C)(C)CC(C)(C)C. The molecule has 0 spiro atoms. The average molecular weight is 356 g/mol. The van der Waals surface area contributed by atoms with Gasteiger partial charge in [-0.05, 0) is 37.8 Å². The predicted octanol–water partition coefficient (Wildman–Crippen LogP) is 3.05. The van der Waals surface area contributed by atoms with Crippen LogP contribution in [0, 0.1) is 16.7 Å². The molecule has 148 valence electrons. The van der Waals surface area contributed by atoms with Crippen LogP contribution in [0.15, 0.2) is 0 Å². The van der Waals surface area contributed by atoms with E-state index < -0.39 is 5.41 Å². The fraction of sp³-hybridized carbons (Fsp3) is 0.900. The van der Waals surface area contributed by atoms with E-state index in [9.17, 15) is 9.59 Å². The Balaban J connectivity index is 3.94. The zero-order valence-electron chi connectivity index (χ0n) is 17.8. The van der Waals surface area contributed by atoms with Crippen LogP contribution in [0.4, 0.5) is 0 Å². The molecule has 0 aliphatic heterocycles. The van der Waals surface area contributed by atoms with Crippen molar-refractivity contribution in [3.05, 3.63) is 0 Å². The molecule has 0 aromatic carbocycles. The van der Waals surface area contributed by atoms with Gasteiger partial charge in [-0.2, -0.15) is 0 Å². The number of likely N-dealkylation sites (N-methyl/N-ethyl adjacent to an activating group) is 1. The highest BCUT2D eigenvalue weighted by Gasteiger charge is 2.32. The monoisotopic (exact) mass is 355 g/mol. The van der Waals surface area contributed by atoms with Crippen molar-refractivity contribution in [1.29, 1.82) is 0 Å². The number of rotatable bonds is 11. The fourth-order valence-electron chi connectivity index (χ4n) is 3.00. The Kier molecular flexibility index (Phi) is 10.3. The Hall–Kier alpha value is -1.10. The average Bonchev–Trinajstić information content (AvgIpc) is 2.42. The zero-order valence-corrected chi connectivity index (χ0v) is 17.8. The van der Waals surface area contributed by atoms with Gasteiger partial charge in [-0.25, -0.2) is 0 Å². The summed E-state index contributed by atoms with van der Waals surface area (Å²) in [5.74, 6) is 0.706. The van der Waals surface area contributed by atoms with Crippen LogP contribution in [0.2, 0.25) is 0 Å². The molecule has 25 heavy (non-hydrogen) atoms. The second kappa shape index (κ2) is 10.8. The number of carbonyl (C=O) groups is 2. The number of hydrogen-bond acceptors (Lipinski definition) is 3. The van der Waals surface area contributed by atoms with Crippen LogP contribution >= 0.6 is 0 Å². The number of hydrogen-bond donors (Lipinski definition) is 2. The second-order valence-electron chi connectivity index (χ2n) is 9.46. The molecule has 0 radical (unpaired) electrons. The smallest absolute Gasteiger partial charge is 0.225 e. The summed E-state index contributed by atoms with van der Waals surface area (Å²) < 4.78 is 0. The van der Waals surface area contributed by atoms with E-state index in [1.54, 1.807) is 0 Å². The molecule has 0 rings (SSSR count). The van der Waals surface area contributed by atoms with Crippen molar-refractivity contribution in [2.45, 2.75) is 67.7 Å².